The van der Waals surface area contributed by atoms with Crippen LogP contribution in [0.3, 0.4) is 0 Å². The molecule has 0 aromatic heterocycles. The quantitative estimate of drug-likeness (QED) is 0.165. The highest BCUT2D eigenvalue weighted by Gasteiger charge is 2.22. The van der Waals surface area contributed by atoms with Crippen molar-refractivity contribution >= 4 is 29.6 Å². The average molecular weight is 295 g/mol. The van der Waals surface area contributed by atoms with Crippen LogP contribution in [-0.4, -0.2) is 43.3 Å². The van der Waals surface area contributed by atoms with Crippen LogP contribution in [0.15, 0.2) is 0 Å². The van der Waals surface area contributed by atoms with Crippen LogP contribution in [0.1, 0.15) is 19.8 Å². The molecule has 1 amide bonds. The number of amides is 1. The largest absolute Gasteiger partial charge is 0.464 e. The molecule has 0 bridgehead atoms. The lowest BCUT2D eigenvalue weighted by Gasteiger charge is -2.16. The lowest BCUT2D eigenvalue weighted by Crippen LogP contribution is -2.42. The number of esters is 1. The number of nitrogens with two attached hydrogens (primary N) is 1. The Morgan fingerprint density at radius 1 is 1.42 bits per heavy atom. The number of carbonyl (C=O) groups is 2. The molecule has 0 spiro atoms. The fraction of sp³-hybridized carbons (Fsp3) is 0.700. The van der Waals surface area contributed by atoms with Gasteiger partial charge in [0.2, 0.25) is 0 Å². The third-order valence-electron chi connectivity index (χ3n) is 2.03. The molecule has 0 rings (SSSR count). The van der Waals surface area contributed by atoms with Crippen molar-refractivity contribution < 1.29 is 19.1 Å². The monoisotopic (exact) mass is 294 g/mol. The van der Waals surface area contributed by atoms with Crippen LogP contribution in [-0.2, 0) is 14.3 Å². The summed E-state index contributed by atoms with van der Waals surface area (Å²) in [6.07, 6.45) is 0.0633. The van der Waals surface area contributed by atoms with Crippen molar-refractivity contribution in [2.75, 3.05) is 19.2 Å². The molecule has 1 atom stereocenters. The fourth-order valence-corrected chi connectivity index (χ4v) is 1.35. The Balaban J connectivity index is 4.21. The molecule has 0 fully saturated rings. The highest BCUT2D eigenvalue weighted by molar-refractivity contribution is 6.17. The van der Waals surface area contributed by atoms with Crippen molar-refractivity contribution in [1.29, 1.82) is 5.41 Å². The van der Waals surface area contributed by atoms with Crippen molar-refractivity contribution in [1.82, 2.24) is 10.6 Å². The van der Waals surface area contributed by atoms with E-state index < -0.39 is 18.1 Å². The number of hydrogen-bond acceptors (Lipinski definition) is 5. The summed E-state index contributed by atoms with van der Waals surface area (Å²) < 4.78 is 9.31. The van der Waals surface area contributed by atoms with Crippen LogP contribution in [0.25, 0.3) is 0 Å². The first-order valence-electron chi connectivity index (χ1n) is 5.75. The van der Waals surface area contributed by atoms with E-state index in [4.69, 9.17) is 27.5 Å². The summed E-state index contributed by atoms with van der Waals surface area (Å²) >= 11 is 5.24. The summed E-state index contributed by atoms with van der Waals surface area (Å²) in [5.41, 5.74) is 5.11. The molecule has 0 aliphatic rings. The van der Waals surface area contributed by atoms with Crippen molar-refractivity contribution in [3.63, 3.8) is 0 Å². The highest BCUT2D eigenvalue weighted by atomic mass is 35.5. The lowest BCUT2D eigenvalue weighted by molar-refractivity contribution is -0.145. The zero-order valence-corrected chi connectivity index (χ0v) is 11.5. The Morgan fingerprint density at radius 3 is 2.63 bits per heavy atom. The Bertz CT molecular complexity index is 314. The smallest absolute Gasteiger partial charge is 0.409 e. The minimum absolute atomic E-state index is 0.151. The molecule has 0 aromatic carbocycles. The first-order chi connectivity index (χ1) is 9.01. The second-order valence-corrected chi connectivity index (χ2v) is 3.69. The predicted octanol–water partition coefficient (Wildman–Crippen LogP) is 0.104. The summed E-state index contributed by atoms with van der Waals surface area (Å²) in [6, 6.07) is -1.11. The molecule has 9 heteroatoms. The van der Waals surface area contributed by atoms with Gasteiger partial charge in [0, 0.05) is 6.54 Å². The van der Waals surface area contributed by atoms with Crippen LogP contribution in [0, 0.1) is 5.41 Å². The summed E-state index contributed by atoms with van der Waals surface area (Å²) in [5.74, 6) is -0.695. The highest BCUT2D eigenvalue weighted by Crippen LogP contribution is 2.01. The number of alkyl carbamates (subject to hydrolysis) is 1. The van der Waals surface area contributed by atoms with Gasteiger partial charge in [0.1, 0.15) is 6.04 Å². The van der Waals surface area contributed by atoms with Crippen LogP contribution in [0.4, 0.5) is 4.79 Å². The third-order valence-corrected chi connectivity index (χ3v) is 2.14. The number of hydrogen-bond donors (Lipinski definition) is 4. The second kappa shape index (κ2) is 10.2. The second-order valence-electron chi connectivity index (χ2n) is 3.47. The minimum Gasteiger partial charge on any atom is -0.464 e. The zero-order valence-electron chi connectivity index (χ0n) is 10.7. The number of carbonyl (C=O) groups excluding carboxylic acids is 2. The van der Waals surface area contributed by atoms with Gasteiger partial charge in [0.05, 0.1) is 6.61 Å². The number of rotatable bonds is 8. The van der Waals surface area contributed by atoms with Gasteiger partial charge in [-0.1, -0.05) is 11.6 Å². The Labute approximate surface area is 116 Å². The van der Waals surface area contributed by atoms with Gasteiger partial charge in [-0.3, -0.25) is 5.41 Å². The molecule has 0 unspecified atom stereocenters. The van der Waals surface area contributed by atoms with E-state index in [2.05, 4.69) is 15.4 Å². The van der Waals surface area contributed by atoms with Gasteiger partial charge in [0.25, 0.3) is 0 Å². The molecule has 8 nitrogen and oxygen atoms in total. The van der Waals surface area contributed by atoms with Crippen molar-refractivity contribution in [3.8, 4) is 0 Å². The Hall–Kier alpha value is -1.70. The predicted molar refractivity (Wildman–Crippen MR) is 69.9 cm³/mol. The van der Waals surface area contributed by atoms with Gasteiger partial charge < -0.3 is 25.8 Å². The number of nitrogens with one attached hydrogen (secondary N) is 3. The molecule has 0 radical (unpaired) electrons. The van der Waals surface area contributed by atoms with E-state index in [1.165, 1.54) is 0 Å². The van der Waals surface area contributed by atoms with Crippen molar-refractivity contribution in [2.45, 2.75) is 25.8 Å². The van der Waals surface area contributed by atoms with Gasteiger partial charge >= 0.3 is 12.1 Å². The first-order valence-corrected chi connectivity index (χ1v) is 6.28. The zero-order chi connectivity index (χ0) is 14.7. The normalized spacial score (nSPS) is 11.3. The van der Waals surface area contributed by atoms with Crippen molar-refractivity contribution in [3.05, 3.63) is 0 Å². The standard InChI is InChI=1S/C10H19ClN4O4/c1-2-18-8(16)7(15-10(17)19-6-11)4-3-5-14-9(12)13/h7H,2-6H2,1H3,(H,15,17)(H4,12,13,14)/t7-/m0/s1. The Morgan fingerprint density at radius 2 is 2.11 bits per heavy atom. The lowest BCUT2D eigenvalue weighted by atomic mass is 10.1. The van der Waals surface area contributed by atoms with Crippen LogP contribution < -0.4 is 16.4 Å². The Kier molecular flexibility index (Phi) is 9.33. The van der Waals surface area contributed by atoms with Gasteiger partial charge in [-0.2, -0.15) is 0 Å². The van der Waals surface area contributed by atoms with Gasteiger partial charge in [-0.15, -0.1) is 0 Å². The molecule has 5 N–H and O–H groups in total. The number of ether oxygens (including phenoxy) is 2. The number of halogens is 1. The molecule has 0 saturated carbocycles. The van der Waals surface area contributed by atoms with E-state index in [1.807, 2.05) is 0 Å². The SMILES string of the molecule is CCOC(=O)[C@H](CCCNC(=N)N)NC(=O)OCCl. The molecular weight excluding hydrogens is 276 g/mol. The van der Waals surface area contributed by atoms with E-state index in [-0.39, 0.29) is 18.6 Å². The molecule has 0 aliphatic carbocycles. The van der Waals surface area contributed by atoms with Crippen molar-refractivity contribution in [2.24, 2.45) is 5.73 Å². The molecule has 0 saturated heterocycles. The molecule has 19 heavy (non-hydrogen) atoms. The van der Waals surface area contributed by atoms with E-state index >= 15 is 0 Å². The van der Waals surface area contributed by atoms with Crippen LogP contribution in [0.2, 0.25) is 0 Å². The van der Waals surface area contributed by atoms with Gasteiger partial charge in [-0.25, -0.2) is 9.59 Å². The van der Waals surface area contributed by atoms with E-state index in [1.54, 1.807) is 6.92 Å². The third kappa shape index (κ3) is 8.95. The maximum Gasteiger partial charge on any atom is 0.409 e. The molecule has 110 valence electrons. The minimum atomic E-state index is -0.815. The number of alkyl halides is 1. The van der Waals surface area contributed by atoms with Gasteiger partial charge in [0.15, 0.2) is 12.0 Å². The van der Waals surface area contributed by atoms with E-state index in [0.29, 0.717) is 19.4 Å². The first kappa shape index (κ1) is 17.3. The number of guanidine groups is 1. The molecule has 0 heterocycles. The molecule has 0 aromatic rings. The maximum absolute atomic E-state index is 11.6. The summed E-state index contributed by atoms with van der Waals surface area (Å²) in [6.45, 7) is 2.30. The van der Waals surface area contributed by atoms with Gasteiger partial charge in [-0.05, 0) is 19.8 Å². The van der Waals surface area contributed by atoms with E-state index in [9.17, 15) is 9.59 Å². The topological polar surface area (TPSA) is 127 Å². The van der Waals surface area contributed by atoms with Crippen LogP contribution in [0.5, 0.6) is 0 Å². The average Bonchev–Trinajstić information content (AvgIpc) is 2.33. The summed E-state index contributed by atoms with van der Waals surface area (Å²) in [4.78, 5) is 22.8. The molecule has 0 aliphatic heterocycles. The summed E-state index contributed by atoms with van der Waals surface area (Å²) in [5, 5.41) is 11.9. The summed E-state index contributed by atoms with van der Waals surface area (Å²) in [7, 11) is 0. The van der Waals surface area contributed by atoms with E-state index in [0.717, 1.165) is 0 Å². The molecular formula is C10H19ClN4O4. The fourth-order valence-electron chi connectivity index (χ4n) is 1.25. The van der Waals surface area contributed by atoms with Crippen LogP contribution >= 0.6 is 11.6 Å². The maximum atomic E-state index is 11.6.